The summed E-state index contributed by atoms with van der Waals surface area (Å²) < 4.78 is 11.7. The van der Waals surface area contributed by atoms with Gasteiger partial charge in [0.25, 0.3) is 0 Å². The summed E-state index contributed by atoms with van der Waals surface area (Å²) >= 11 is 0. The first-order valence-corrected chi connectivity index (χ1v) is 21.6. The second kappa shape index (κ2) is 14.5. The van der Waals surface area contributed by atoms with E-state index in [0.717, 1.165) is 93.8 Å². The zero-order chi connectivity index (χ0) is 43.0. The molecule has 13 rings (SSSR count). The van der Waals surface area contributed by atoms with Gasteiger partial charge in [-0.05, 0) is 77.9 Å². The van der Waals surface area contributed by atoms with E-state index in [4.69, 9.17) is 19.4 Å². The van der Waals surface area contributed by atoms with Crippen molar-refractivity contribution >= 4 is 65.6 Å². The number of rotatable bonds is 6. The number of aromatic nitrogens is 5. The fraction of sp³-hybridized carbons (Fsp3) is 0. The second-order valence-corrected chi connectivity index (χ2v) is 16.3. The molecular formula is C58H34N6O. The van der Waals surface area contributed by atoms with Crippen molar-refractivity contribution in [3.8, 4) is 62.7 Å². The van der Waals surface area contributed by atoms with Crippen molar-refractivity contribution in [3.63, 3.8) is 0 Å². The minimum absolute atomic E-state index is 0.479. The lowest BCUT2D eigenvalue weighted by atomic mass is 10.0. The van der Waals surface area contributed by atoms with Gasteiger partial charge in [-0.25, -0.2) is 15.0 Å². The molecule has 0 aliphatic heterocycles. The summed E-state index contributed by atoms with van der Waals surface area (Å²) in [6.07, 6.45) is 0. The predicted molar refractivity (Wildman–Crippen MR) is 262 cm³/mol. The van der Waals surface area contributed by atoms with E-state index in [1.54, 1.807) is 0 Å². The molecule has 0 radical (unpaired) electrons. The first-order valence-electron chi connectivity index (χ1n) is 21.6. The van der Waals surface area contributed by atoms with Gasteiger partial charge in [-0.15, -0.1) is 0 Å². The van der Waals surface area contributed by atoms with Crippen LogP contribution in [-0.2, 0) is 0 Å². The molecule has 7 heteroatoms. The number of hydrogen-bond acceptors (Lipinski definition) is 5. The Bertz CT molecular complexity index is 4070. The highest BCUT2D eigenvalue weighted by Gasteiger charge is 2.24. The van der Waals surface area contributed by atoms with E-state index in [1.165, 1.54) is 5.39 Å². The summed E-state index contributed by atoms with van der Waals surface area (Å²) in [4.78, 5) is 15.1. The quantitative estimate of drug-likeness (QED) is 0.167. The Hall–Kier alpha value is -9.12. The van der Waals surface area contributed by atoms with Crippen LogP contribution in [0.4, 0.5) is 0 Å². The van der Waals surface area contributed by atoms with Crippen molar-refractivity contribution < 1.29 is 4.42 Å². The second-order valence-electron chi connectivity index (χ2n) is 16.3. The maximum atomic E-state index is 10.9. The summed E-state index contributed by atoms with van der Waals surface area (Å²) in [5.74, 6) is 1.58. The molecule has 0 bridgehead atoms. The van der Waals surface area contributed by atoms with Gasteiger partial charge in [-0.3, -0.25) is 0 Å². The number of benzene rings is 9. The SMILES string of the molecule is N#Cc1cc(-c2nc(-c3ccccc3)nc(-c3cccc(-c4ccccc4)c3)n2)ccc1-n1c2ccccc2c2c3oc4c(ccc5c6ccccc6n(-c6ccccc6)c54)c3ccc21. The molecule has 0 unspecified atom stereocenters. The van der Waals surface area contributed by atoms with Crippen LogP contribution in [0.5, 0.6) is 0 Å². The van der Waals surface area contributed by atoms with Crippen LogP contribution in [0.25, 0.3) is 122 Å². The van der Waals surface area contributed by atoms with E-state index < -0.39 is 0 Å². The molecule has 0 saturated heterocycles. The third-order valence-electron chi connectivity index (χ3n) is 12.6. The molecule has 0 spiro atoms. The number of nitriles is 1. The highest BCUT2D eigenvalue weighted by Crippen LogP contribution is 2.45. The normalized spacial score (nSPS) is 11.7. The Kier molecular flexibility index (Phi) is 8.14. The van der Waals surface area contributed by atoms with E-state index >= 15 is 0 Å². The predicted octanol–water partition coefficient (Wildman–Crippen LogP) is 14.5. The fourth-order valence-corrected chi connectivity index (χ4v) is 9.67. The van der Waals surface area contributed by atoms with Crippen LogP contribution in [0.1, 0.15) is 5.56 Å². The Morgan fingerprint density at radius 1 is 0.385 bits per heavy atom. The highest BCUT2D eigenvalue weighted by atomic mass is 16.3. The van der Waals surface area contributed by atoms with E-state index in [0.29, 0.717) is 28.6 Å². The Morgan fingerprint density at radius 3 is 1.68 bits per heavy atom. The number of furan rings is 1. The van der Waals surface area contributed by atoms with Crippen LogP contribution < -0.4 is 0 Å². The molecule has 0 aliphatic carbocycles. The number of nitrogens with zero attached hydrogens (tertiary/aromatic N) is 6. The lowest BCUT2D eigenvalue weighted by Crippen LogP contribution is -2.02. The minimum Gasteiger partial charge on any atom is -0.453 e. The lowest BCUT2D eigenvalue weighted by Gasteiger charge is -2.13. The maximum absolute atomic E-state index is 10.9. The first kappa shape index (κ1) is 36.5. The van der Waals surface area contributed by atoms with Gasteiger partial charge >= 0.3 is 0 Å². The molecule has 0 N–H and O–H groups in total. The van der Waals surface area contributed by atoms with Gasteiger partial charge in [-0.1, -0.05) is 140 Å². The molecule has 65 heavy (non-hydrogen) atoms. The highest BCUT2D eigenvalue weighted by molar-refractivity contribution is 6.27. The fourth-order valence-electron chi connectivity index (χ4n) is 9.67. The van der Waals surface area contributed by atoms with Crippen LogP contribution in [-0.4, -0.2) is 24.1 Å². The van der Waals surface area contributed by atoms with Crippen molar-refractivity contribution in [3.05, 3.63) is 212 Å². The van der Waals surface area contributed by atoms with Gasteiger partial charge in [0.05, 0.1) is 38.7 Å². The van der Waals surface area contributed by atoms with Gasteiger partial charge in [0.15, 0.2) is 23.1 Å². The molecular weight excluding hydrogens is 797 g/mol. The lowest BCUT2D eigenvalue weighted by molar-refractivity contribution is 0.675. The van der Waals surface area contributed by atoms with Gasteiger partial charge in [0.1, 0.15) is 11.7 Å². The molecule has 0 amide bonds. The van der Waals surface area contributed by atoms with Crippen LogP contribution in [0, 0.1) is 11.3 Å². The van der Waals surface area contributed by atoms with Gasteiger partial charge in [0, 0.05) is 49.3 Å². The van der Waals surface area contributed by atoms with Crippen molar-refractivity contribution in [2.24, 2.45) is 0 Å². The van der Waals surface area contributed by atoms with Crippen LogP contribution >= 0.6 is 0 Å². The van der Waals surface area contributed by atoms with Gasteiger partial charge in [0.2, 0.25) is 0 Å². The molecule has 0 aliphatic rings. The van der Waals surface area contributed by atoms with E-state index in [9.17, 15) is 5.26 Å². The Morgan fingerprint density at radius 2 is 0.938 bits per heavy atom. The summed E-state index contributed by atoms with van der Waals surface area (Å²) in [5.41, 5.74) is 12.6. The molecule has 0 atom stereocenters. The number of para-hydroxylation sites is 3. The first-order chi connectivity index (χ1) is 32.2. The van der Waals surface area contributed by atoms with Gasteiger partial charge < -0.3 is 13.6 Å². The standard InChI is InChI=1S/C58H34N6O/c59-35-41-34-40(58-61-56(37-17-6-2-7-18-37)60-57(62-58)39-20-14-19-38(33-39)36-15-4-1-5-16-36)27-31-48(41)64-50-26-13-11-24-47(50)52-51(64)32-30-45-46-29-28-44-43-23-10-12-25-49(43)63(42-21-8-3-9-22-42)53(44)55(46)65-54(45)52/h1-34H. The average molecular weight is 831 g/mol. The van der Waals surface area contributed by atoms with Crippen LogP contribution in [0.3, 0.4) is 0 Å². The number of fused-ring (bicyclic) bond motifs is 11. The van der Waals surface area contributed by atoms with Crippen LogP contribution in [0.2, 0.25) is 0 Å². The van der Waals surface area contributed by atoms with Crippen molar-refractivity contribution in [1.29, 1.82) is 5.26 Å². The smallest absolute Gasteiger partial charge is 0.164 e. The monoisotopic (exact) mass is 830 g/mol. The summed E-state index contributed by atoms with van der Waals surface area (Å²) in [6.45, 7) is 0. The molecule has 4 aromatic heterocycles. The third-order valence-corrected chi connectivity index (χ3v) is 12.6. The molecule has 302 valence electrons. The number of hydrogen-bond donors (Lipinski definition) is 0. The summed E-state index contributed by atoms with van der Waals surface area (Å²) in [5, 5.41) is 17.4. The summed E-state index contributed by atoms with van der Waals surface area (Å²) in [7, 11) is 0. The largest absolute Gasteiger partial charge is 0.453 e. The molecule has 7 nitrogen and oxygen atoms in total. The van der Waals surface area contributed by atoms with Crippen molar-refractivity contribution in [2.45, 2.75) is 0 Å². The topological polar surface area (TPSA) is 85.5 Å². The van der Waals surface area contributed by atoms with Crippen molar-refractivity contribution in [1.82, 2.24) is 24.1 Å². The maximum Gasteiger partial charge on any atom is 0.164 e. The zero-order valence-electron chi connectivity index (χ0n) is 34.7. The third kappa shape index (κ3) is 5.71. The zero-order valence-corrected chi connectivity index (χ0v) is 34.7. The van der Waals surface area contributed by atoms with Gasteiger partial charge in [-0.2, -0.15) is 5.26 Å². The minimum atomic E-state index is 0.479. The molecule has 9 aromatic carbocycles. The summed E-state index contributed by atoms with van der Waals surface area (Å²) in [6, 6.07) is 73.0. The van der Waals surface area contributed by atoms with E-state index in [2.05, 4.69) is 130 Å². The molecule has 13 aromatic rings. The van der Waals surface area contributed by atoms with E-state index in [-0.39, 0.29) is 0 Å². The molecule has 0 saturated carbocycles. The average Bonchev–Trinajstić information content (AvgIpc) is 4.05. The Labute approximate surface area is 372 Å². The van der Waals surface area contributed by atoms with E-state index in [1.807, 2.05) is 91.0 Å². The van der Waals surface area contributed by atoms with Crippen molar-refractivity contribution in [2.75, 3.05) is 0 Å². The molecule has 0 fully saturated rings. The molecule has 4 heterocycles. The Balaban J connectivity index is 1.000. The van der Waals surface area contributed by atoms with Crippen LogP contribution in [0.15, 0.2) is 211 Å².